The van der Waals surface area contributed by atoms with E-state index in [-0.39, 0.29) is 25.7 Å². The minimum Gasteiger partial charge on any atom is -0.462 e. The van der Waals surface area contributed by atoms with Gasteiger partial charge in [-0.2, -0.15) is 0 Å². The molecule has 0 aliphatic rings. The highest BCUT2D eigenvalue weighted by Gasteiger charge is 2.30. The predicted octanol–water partition coefficient (Wildman–Crippen LogP) is 21.8. The Kier molecular flexibility index (Phi) is 68.8. The molecular formula is C83H130O17P2. The van der Waals surface area contributed by atoms with Gasteiger partial charge in [0.2, 0.25) is 0 Å². The van der Waals surface area contributed by atoms with Crippen molar-refractivity contribution in [2.75, 3.05) is 39.6 Å². The molecule has 0 aromatic carbocycles. The van der Waals surface area contributed by atoms with E-state index >= 15 is 0 Å². The van der Waals surface area contributed by atoms with Crippen LogP contribution in [0, 0.1) is 0 Å². The number of esters is 4. The third-order valence-corrected chi connectivity index (χ3v) is 16.5. The van der Waals surface area contributed by atoms with E-state index in [1.165, 1.54) is 6.42 Å². The molecule has 0 radical (unpaired) electrons. The number of allylic oxidation sites excluding steroid dienone is 31. The number of carbonyl (C=O) groups excluding carboxylic acids is 4. The van der Waals surface area contributed by atoms with E-state index in [0.29, 0.717) is 32.1 Å². The van der Waals surface area contributed by atoms with Crippen LogP contribution in [0.5, 0.6) is 0 Å². The van der Waals surface area contributed by atoms with E-state index in [2.05, 4.69) is 186 Å². The van der Waals surface area contributed by atoms with E-state index in [9.17, 15) is 43.2 Å². The number of unbranched alkanes of at least 4 members (excludes halogenated alkanes) is 11. The zero-order valence-electron chi connectivity index (χ0n) is 62.4. The van der Waals surface area contributed by atoms with Crippen molar-refractivity contribution in [3.8, 4) is 0 Å². The molecule has 0 aliphatic carbocycles. The molecule has 5 unspecified atom stereocenters. The summed E-state index contributed by atoms with van der Waals surface area (Å²) in [7, 11) is -10.0. The van der Waals surface area contributed by atoms with Crippen LogP contribution in [0.1, 0.15) is 246 Å². The van der Waals surface area contributed by atoms with Crippen molar-refractivity contribution in [1.82, 2.24) is 0 Å². The fraction of sp³-hybridized carbons (Fsp3) is 0.566. The molecule has 0 aliphatic heterocycles. The molecule has 3 N–H and O–H groups in total. The molecule has 102 heavy (non-hydrogen) atoms. The summed E-state index contributed by atoms with van der Waals surface area (Å²) < 4.78 is 68.2. The molecule has 5 atom stereocenters. The number of aliphatic hydroxyl groups excluding tert-OH is 1. The highest BCUT2D eigenvalue weighted by Crippen LogP contribution is 2.45. The number of phosphoric acid groups is 2. The minimum atomic E-state index is -5.02. The molecule has 0 amide bonds. The Labute approximate surface area is 615 Å². The maximum atomic E-state index is 13.1. The number of phosphoric ester groups is 2. The molecule has 19 heteroatoms. The standard InChI is InChI=1S/C83H130O17P2/c1-5-9-13-17-21-25-29-32-35-37-38-40-43-45-49-52-56-60-64-68-80(85)93-73-78(99-82(87)69-65-61-57-53-47-28-24-20-16-12-8-4)75-97-101(89,90)95-71-77(84)72-96-102(91,92)98-76-79(100-83(88)70-66-62-58-54-50-46-41-34-31-27-23-19-15-11-7-3)74-94-81(86)67-63-59-55-51-48-44-42-39-36-33-30-26-22-18-14-10-6-2/h9-11,13-15,20-27,32-36,38,40-42,44-45,49-51,54-55,62,66,77-79,84H,5-8,12,16-19,28-31,37,39,43,46-48,52-53,56-61,63-65,67-76H2,1-4H3,(H,89,90)(H,91,92)/b13-9-,14-10-,15-11-,24-20-,25-21-,26-22-,27-23-,35-32-,36-33-,40-38-,41-34-,44-42-,49-45-,54-50-,55-51-,66-62-. The van der Waals surface area contributed by atoms with Gasteiger partial charge in [0.15, 0.2) is 12.2 Å². The first-order valence-electron chi connectivity index (χ1n) is 37.7. The van der Waals surface area contributed by atoms with Crippen molar-refractivity contribution in [1.29, 1.82) is 0 Å². The van der Waals surface area contributed by atoms with E-state index in [1.807, 2.05) is 24.3 Å². The summed E-state index contributed by atoms with van der Waals surface area (Å²) in [6.45, 7) is 4.21. The second-order valence-corrected chi connectivity index (χ2v) is 27.0. The van der Waals surface area contributed by atoms with Crippen molar-refractivity contribution in [3.63, 3.8) is 0 Å². The van der Waals surface area contributed by atoms with E-state index < -0.39 is 97.5 Å². The van der Waals surface area contributed by atoms with Crippen molar-refractivity contribution >= 4 is 39.5 Å². The van der Waals surface area contributed by atoms with E-state index in [0.717, 1.165) is 154 Å². The largest absolute Gasteiger partial charge is 0.472 e. The quantitative estimate of drug-likeness (QED) is 0.0169. The Hall–Kier alpha value is -6.10. The van der Waals surface area contributed by atoms with Gasteiger partial charge >= 0.3 is 39.5 Å². The Morgan fingerprint density at radius 1 is 0.294 bits per heavy atom. The van der Waals surface area contributed by atoms with Crippen LogP contribution in [0.25, 0.3) is 0 Å². The predicted molar refractivity (Wildman–Crippen MR) is 417 cm³/mol. The van der Waals surface area contributed by atoms with Gasteiger partial charge in [0.05, 0.1) is 32.8 Å². The molecular weight excluding hydrogens is 1330 g/mol. The minimum absolute atomic E-state index is 0.0551. The van der Waals surface area contributed by atoms with Gasteiger partial charge in [-0.3, -0.25) is 37.3 Å². The van der Waals surface area contributed by atoms with Gasteiger partial charge in [0, 0.05) is 19.3 Å². The number of aliphatic hydroxyl groups is 1. The molecule has 0 aromatic heterocycles. The third kappa shape index (κ3) is 72.3. The number of hydrogen-bond donors (Lipinski definition) is 3. The lowest BCUT2D eigenvalue weighted by molar-refractivity contribution is -0.161. The van der Waals surface area contributed by atoms with Crippen LogP contribution in [0.4, 0.5) is 0 Å². The Morgan fingerprint density at radius 2 is 0.559 bits per heavy atom. The van der Waals surface area contributed by atoms with E-state index in [4.69, 9.17) is 37.0 Å². The molecule has 0 fully saturated rings. The first-order chi connectivity index (χ1) is 49.7. The highest BCUT2D eigenvalue weighted by atomic mass is 31.2. The van der Waals surface area contributed by atoms with Crippen LogP contribution in [0.2, 0.25) is 0 Å². The lowest BCUT2D eigenvalue weighted by Gasteiger charge is -2.21. The molecule has 0 heterocycles. The zero-order valence-corrected chi connectivity index (χ0v) is 64.2. The first kappa shape index (κ1) is 95.9. The molecule has 0 saturated carbocycles. The lowest BCUT2D eigenvalue weighted by Crippen LogP contribution is -2.30. The molecule has 0 spiro atoms. The SMILES string of the molecule is CC/C=C\C/C=C\C/C=C\C/C=C\C/C=C\CCCCCC(=O)OCC(COP(=O)(O)OCC(O)COP(=O)(O)OCC(COC(=O)CCC/C=C\C/C=C\C/C=C\C/C=C\C/C=C\CC)OC(=O)C/C=C\C/C=C\C/C=C\C/C=C\C/C=C\CC)OC(=O)CCCCCCC/C=C\CCCC. The van der Waals surface area contributed by atoms with Crippen LogP contribution in [0.15, 0.2) is 194 Å². The van der Waals surface area contributed by atoms with Crippen LogP contribution in [0.3, 0.4) is 0 Å². The lowest BCUT2D eigenvalue weighted by atomic mass is 10.1. The van der Waals surface area contributed by atoms with Crippen LogP contribution < -0.4 is 0 Å². The third-order valence-electron chi connectivity index (χ3n) is 14.6. The van der Waals surface area contributed by atoms with Gasteiger partial charge in [-0.25, -0.2) is 9.13 Å². The van der Waals surface area contributed by atoms with Gasteiger partial charge < -0.3 is 33.8 Å². The van der Waals surface area contributed by atoms with Gasteiger partial charge in [0.1, 0.15) is 19.3 Å². The van der Waals surface area contributed by atoms with Crippen LogP contribution >= 0.6 is 15.6 Å². The summed E-state index contributed by atoms with van der Waals surface area (Å²) in [5.41, 5.74) is 0. The molecule has 0 saturated heterocycles. The van der Waals surface area contributed by atoms with Gasteiger partial charge in [-0.1, -0.05) is 261 Å². The molecule has 0 bridgehead atoms. The summed E-state index contributed by atoms with van der Waals surface area (Å²) in [6, 6.07) is 0. The molecule has 17 nitrogen and oxygen atoms in total. The molecule has 0 rings (SSSR count). The van der Waals surface area contributed by atoms with Crippen LogP contribution in [-0.4, -0.2) is 96.7 Å². The molecule has 574 valence electrons. The average molecular weight is 1460 g/mol. The summed E-state index contributed by atoms with van der Waals surface area (Å²) in [4.78, 5) is 72.7. The van der Waals surface area contributed by atoms with Gasteiger partial charge in [-0.05, 0) is 154 Å². The number of rotatable bonds is 68. The smallest absolute Gasteiger partial charge is 0.462 e. The maximum Gasteiger partial charge on any atom is 0.472 e. The zero-order chi connectivity index (χ0) is 74.6. The summed E-state index contributed by atoms with van der Waals surface area (Å²) in [5, 5.41) is 10.6. The van der Waals surface area contributed by atoms with Crippen molar-refractivity contribution < 1.29 is 80.2 Å². The van der Waals surface area contributed by atoms with Gasteiger partial charge in [0.25, 0.3) is 0 Å². The maximum absolute atomic E-state index is 13.1. The summed E-state index contributed by atoms with van der Waals surface area (Å²) >= 11 is 0. The second kappa shape index (κ2) is 73.2. The number of hydrogen-bond acceptors (Lipinski definition) is 15. The van der Waals surface area contributed by atoms with Crippen molar-refractivity contribution in [2.24, 2.45) is 0 Å². The summed E-state index contributed by atoms with van der Waals surface area (Å²) in [6.07, 6.45) is 89.0. The molecule has 0 aromatic rings. The van der Waals surface area contributed by atoms with Gasteiger partial charge in [-0.15, -0.1) is 0 Å². The van der Waals surface area contributed by atoms with Crippen LogP contribution in [-0.2, 0) is 65.4 Å². The van der Waals surface area contributed by atoms with Crippen molar-refractivity contribution in [2.45, 2.75) is 264 Å². The Morgan fingerprint density at radius 3 is 0.931 bits per heavy atom. The number of ether oxygens (including phenoxy) is 4. The highest BCUT2D eigenvalue weighted by molar-refractivity contribution is 7.47. The number of carbonyl (C=O) groups is 4. The Balaban J connectivity index is 5.49. The fourth-order valence-electron chi connectivity index (χ4n) is 8.92. The first-order valence-corrected chi connectivity index (χ1v) is 40.7. The Bertz CT molecular complexity index is 2700. The fourth-order valence-corrected chi connectivity index (χ4v) is 10.5. The average Bonchev–Trinajstić information content (AvgIpc) is 0.926. The monoisotopic (exact) mass is 1460 g/mol. The van der Waals surface area contributed by atoms with Crippen molar-refractivity contribution in [3.05, 3.63) is 194 Å². The summed E-state index contributed by atoms with van der Waals surface area (Å²) in [5.74, 6) is -2.47. The second-order valence-electron chi connectivity index (χ2n) is 24.1. The normalized spacial score (nSPS) is 15.0. The van der Waals surface area contributed by atoms with E-state index in [1.54, 1.807) is 12.2 Å². The topological polar surface area (TPSA) is 237 Å².